The summed E-state index contributed by atoms with van der Waals surface area (Å²) in [5.74, 6) is -1.23. The third kappa shape index (κ3) is 4.48. The van der Waals surface area contributed by atoms with Crippen LogP contribution in [-0.4, -0.2) is 49.1 Å². The Balaban J connectivity index is 1.52. The van der Waals surface area contributed by atoms with Gasteiger partial charge in [0.25, 0.3) is 0 Å². The molecule has 25 heavy (non-hydrogen) atoms. The Morgan fingerprint density at radius 1 is 1.12 bits per heavy atom. The fraction of sp³-hybridized carbons (Fsp3) is 0.632. The summed E-state index contributed by atoms with van der Waals surface area (Å²) in [7, 11) is 2.16. The SMILES string of the molecule is CN1CCC2(CCCN(C(=O)NCc3ccc(F)cc3F)CC2)CC1. The Labute approximate surface area is 148 Å². The molecular formula is C19H27F2N3O. The summed E-state index contributed by atoms with van der Waals surface area (Å²) >= 11 is 0. The first-order chi connectivity index (χ1) is 12.0. The smallest absolute Gasteiger partial charge is 0.317 e. The molecule has 4 nitrogen and oxygen atoms in total. The lowest BCUT2D eigenvalue weighted by Crippen LogP contribution is -2.41. The van der Waals surface area contributed by atoms with E-state index in [9.17, 15) is 13.6 Å². The Morgan fingerprint density at radius 3 is 2.56 bits per heavy atom. The number of likely N-dealkylation sites (tertiary alicyclic amines) is 2. The van der Waals surface area contributed by atoms with Crippen LogP contribution in [0.1, 0.15) is 37.7 Å². The highest BCUT2D eigenvalue weighted by atomic mass is 19.1. The number of rotatable bonds is 2. The van der Waals surface area contributed by atoms with E-state index in [1.54, 1.807) is 0 Å². The highest BCUT2D eigenvalue weighted by molar-refractivity contribution is 5.74. The van der Waals surface area contributed by atoms with Crippen LogP contribution in [0.2, 0.25) is 0 Å². The van der Waals surface area contributed by atoms with Gasteiger partial charge >= 0.3 is 6.03 Å². The van der Waals surface area contributed by atoms with Gasteiger partial charge in [0.1, 0.15) is 11.6 Å². The van der Waals surface area contributed by atoms with E-state index in [0.717, 1.165) is 45.1 Å². The topological polar surface area (TPSA) is 35.6 Å². The Kier molecular flexibility index (Phi) is 5.57. The van der Waals surface area contributed by atoms with Gasteiger partial charge in [-0.3, -0.25) is 0 Å². The Bertz CT molecular complexity index is 615. The number of amides is 2. The number of carbonyl (C=O) groups excluding carboxylic acids is 1. The molecule has 0 atom stereocenters. The zero-order chi connectivity index (χ0) is 17.9. The van der Waals surface area contributed by atoms with Crippen molar-refractivity contribution in [3.63, 3.8) is 0 Å². The van der Waals surface area contributed by atoms with Gasteiger partial charge in [-0.1, -0.05) is 6.07 Å². The van der Waals surface area contributed by atoms with Crippen LogP contribution in [0.5, 0.6) is 0 Å². The molecule has 1 aromatic rings. The fourth-order valence-electron chi connectivity index (χ4n) is 4.00. The molecule has 138 valence electrons. The molecule has 3 rings (SSSR count). The van der Waals surface area contributed by atoms with Gasteiger partial charge < -0.3 is 15.1 Å². The van der Waals surface area contributed by atoms with Crippen molar-refractivity contribution >= 4 is 6.03 Å². The minimum absolute atomic E-state index is 0.0807. The molecule has 2 saturated heterocycles. The van der Waals surface area contributed by atoms with Crippen molar-refractivity contribution in [1.82, 2.24) is 15.1 Å². The second-order valence-corrected chi connectivity index (χ2v) is 7.54. The monoisotopic (exact) mass is 351 g/mol. The van der Waals surface area contributed by atoms with Gasteiger partial charge in [-0.25, -0.2) is 13.6 Å². The molecule has 2 amide bonds. The van der Waals surface area contributed by atoms with E-state index in [0.29, 0.717) is 11.0 Å². The van der Waals surface area contributed by atoms with Crippen molar-refractivity contribution < 1.29 is 13.6 Å². The van der Waals surface area contributed by atoms with E-state index in [2.05, 4.69) is 17.3 Å². The van der Waals surface area contributed by atoms with E-state index in [1.807, 2.05) is 4.90 Å². The van der Waals surface area contributed by atoms with E-state index in [1.165, 1.54) is 31.4 Å². The van der Waals surface area contributed by atoms with Crippen molar-refractivity contribution in [2.24, 2.45) is 5.41 Å². The number of carbonyl (C=O) groups is 1. The average Bonchev–Trinajstić information content (AvgIpc) is 2.80. The summed E-state index contributed by atoms with van der Waals surface area (Å²) in [6.45, 7) is 3.85. The lowest BCUT2D eigenvalue weighted by atomic mass is 9.73. The first kappa shape index (κ1) is 18.1. The third-order valence-corrected chi connectivity index (χ3v) is 5.83. The van der Waals surface area contributed by atoms with Crippen molar-refractivity contribution in [3.8, 4) is 0 Å². The van der Waals surface area contributed by atoms with E-state index in [4.69, 9.17) is 0 Å². The molecular weight excluding hydrogens is 324 g/mol. The molecule has 0 aliphatic carbocycles. The van der Waals surface area contributed by atoms with Crippen LogP contribution >= 0.6 is 0 Å². The van der Waals surface area contributed by atoms with Crippen LogP contribution in [0.4, 0.5) is 13.6 Å². The molecule has 2 fully saturated rings. The highest BCUT2D eigenvalue weighted by Gasteiger charge is 2.35. The first-order valence-electron chi connectivity index (χ1n) is 9.13. The molecule has 2 aliphatic rings. The average molecular weight is 351 g/mol. The van der Waals surface area contributed by atoms with Crippen LogP contribution in [-0.2, 0) is 6.54 Å². The number of halogens is 2. The highest BCUT2D eigenvalue weighted by Crippen LogP contribution is 2.40. The number of benzene rings is 1. The lowest BCUT2D eigenvalue weighted by molar-refractivity contribution is 0.105. The molecule has 1 aromatic carbocycles. The number of hydrogen-bond acceptors (Lipinski definition) is 2. The molecule has 1 N–H and O–H groups in total. The van der Waals surface area contributed by atoms with Crippen LogP contribution in [0.25, 0.3) is 0 Å². The number of nitrogens with one attached hydrogen (secondary N) is 1. The quantitative estimate of drug-likeness (QED) is 0.887. The van der Waals surface area contributed by atoms with Crippen molar-refractivity contribution in [2.45, 2.75) is 38.6 Å². The molecule has 1 spiro atoms. The first-order valence-corrected chi connectivity index (χ1v) is 9.13. The Hall–Kier alpha value is -1.69. The van der Waals surface area contributed by atoms with E-state index < -0.39 is 11.6 Å². The number of urea groups is 1. The molecule has 2 aliphatic heterocycles. The van der Waals surface area contributed by atoms with E-state index >= 15 is 0 Å². The number of piperidine rings is 1. The fourth-order valence-corrected chi connectivity index (χ4v) is 4.00. The second-order valence-electron chi connectivity index (χ2n) is 7.54. The van der Waals surface area contributed by atoms with Gasteiger partial charge in [0.05, 0.1) is 0 Å². The van der Waals surface area contributed by atoms with Gasteiger partial charge in [-0.15, -0.1) is 0 Å². The maximum Gasteiger partial charge on any atom is 0.317 e. The lowest BCUT2D eigenvalue weighted by Gasteiger charge is -2.40. The largest absolute Gasteiger partial charge is 0.334 e. The summed E-state index contributed by atoms with van der Waals surface area (Å²) in [6.07, 6.45) is 5.65. The zero-order valence-electron chi connectivity index (χ0n) is 14.9. The van der Waals surface area contributed by atoms with Crippen molar-refractivity contribution in [2.75, 3.05) is 33.2 Å². The Morgan fingerprint density at radius 2 is 1.84 bits per heavy atom. The number of nitrogens with zero attached hydrogens (tertiary/aromatic N) is 2. The third-order valence-electron chi connectivity index (χ3n) is 5.83. The van der Waals surface area contributed by atoms with Crippen LogP contribution in [0, 0.1) is 17.0 Å². The van der Waals surface area contributed by atoms with E-state index in [-0.39, 0.29) is 12.6 Å². The van der Waals surface area contributed by atoms with Gasteiger partial charge in [0, 0.05) is 31.3 Å². The van der Waals surface area contributed by atoms with Gasteiger partial charge in [-0.05, 0) is 63.7 Å². The predicted octanol–water partition coefficient (Wildman–Crippen LogP) is 3.37. The maximum atomic E-state index is 13.7. The predicted molar refractivity (Wildman–Crippen MR) is 93.2 cm³/mol. The second kappa shape index (κ2) is 7.68. The molecule has 0 aromatic heterocycles. The molecule has 6 heteroatoms. The summed E-state index contributed by atoms with van der Waals surface area (Å²) in [5, 5.41) is 2.77. The molecule has 2 heterocycles. The molecule has 0 saturated carbocycles. The zero-order valence-corrected chi connectivity index (χ0v) is 14.9. The standard InChI is InChI=1S/C19H27F2N3O/c1-23-10-6-19(7-11-23)5-2-9-24(12-8-19)18(25)22-14-15-3-4-16(20)13-17(15)21/h3-4,13H,2,5-12,14H2,1H3,(H,22,25). The molecule has 0 radical (unpaired) electrons. The normalized spacial score (nSPS) is 21.2. The summed E-state index contributed by atoms with van der Waals surface area (Å²) in [4.78, 5) is 16.7. The molecule has 0 unspecified atom stereocenters. The van der Waals surface area contributed by atoms with Crippen LogP contribution in [0.15, 0.2) is 18.2 Å². The number of hydrogen-bond donors (Lipinski definition) is 1. The van der Waals surface area contributed by atoms with Gasteiger partial charge in [0.15, 0.2) is 0 Å². The molecule has 0 bridgehead atoms. The minimum atomic E-state index is -0.624. The van der Waals surface area contributed by atoms with Crippen molar-refractivity contribution in [1.29, 1.82) is 0 Å². The summed E-state index contributed by atoms with van der Waals surface area (Å²) in [6, 6.07) is 3.27. The van der Waals surface area contributed by atoms with Gasteiger partial charge in [0.2, 0.25) is 0 Å². The minimum Gasteiger partial charge on any atom is -0.334 e. The maximum absolute atomic E-state index is 13.7. The van der Waals surface area contributed by atoms with Crippen LogP contribution in [0.3, 0.4) is 0 Å². The summed E-state index contributed by atoms with van der Waals surface area (Å²) < 4.78 is 26.6. The summed E-state index contributed by atoms with van der Waals surface area (Å²) in [5.41, 5.74) is 0.682. The van der Waals surface area contributed by atoms with Gasteiger partial charge in [-0.2, -0.15) is 0 Å². The van der Waals surface area contributed by atoms with Crippen LogP contribution < -0.4 is 5.32 Å². The van der Waals surface area contributed by atoms with Crippen molar-refractivity contribution in [3.05, 3.63) is 35.4 Å².